The molecule has 1 amide bonds. The van der Waals surface area contributed by atoms with Crippen molar-refractivity contribution in [1.29, 1.82) is 0 Å². The van der Waals surface area contributed by atoms with Crippen LogP contribution in [-0.4, -0.2) is 38.5 Å². The van der Waals surface area contributed by atoms with Crippen LogP contribution >= 0.6 is 24.0 Å². The molecule has 1 saturated carbocycles. The minimum atomic E-state index is 0. The number of nitrogens with one attached hydrogen (secondary N) is 3. The van der Waals surface area contributed by atoms with Crippen molar-refractivity contribution in [3.8, 4) is 0 Å². The molecule has 1 aromatic rings. The van der Waals surface area contributed by atoms with Crippen LogP contribution in [0, 0.1) is 5.92 Å². The molecule has 1 fully saturated rings. The summed E-state index contributed by atoms with van der Waals surface area (Å²) in [6.07, 6.45) is 9.46. The maximum atomic E-state index is 11.9. The fourth-order valence-electron chi connectivity index (χ4n) is 3.09. The number of hydrogen-bond acceptors (Lipinski definition) is 3. The SMILES string of the molecule is CN=C(NCCNC(=O)CC1CCCCC1)NCCc1ccco1.I. The van der Waals surface area contributed by atoms with Gasteiger partial charge >= 0.3 is 0 Å². The average Bonchev–Trinajstić information content (AvgIpc) is 3.11. The van der Waals surface area contributed by atoms with Gasteiger partial charge in [-0.2, -0.15) is 0 Å². The molecule has 0 atom stereocenters. The molecule has 0 bridgehead atoms. The van der Waals surface area contributed by atoms with Crippen molar-refractivity contribution >= 4 is 35.8 Å². The molecule has 7 heteroatoms. The standard InChI is InChI=1S/C18H30N4O2.HI/c1-19-18(21-10-9-16-8-5-13-24-16)22-12-11-20-17(23)14-15-6-3-2-4-7-15;/h5,8,13,15H,2-4,6-7,9-12,14H2,1H3,(H,20,23)(H2,19,21,22);1H. The summed E-state index contributed by atoms with van der Waals surface area (Å²) in [5, 5.41) is 9.42. The number of hydrogen-bond donors (Lipinski definition) is 3. The molecule has 2 rings (SSSR count). The molecule has 142 valence electrons. The summed E-state index contributed by atoms with van der Waals surface area (Å²) < 4.78 is 5.29. The predicted octanol–water partition coefficient (Wildman–Crippen LogP) is 2.69. The van der Waals surface area contributed by atoms with E-state index in [4.69, 9.17) is 4.42 Å². The molecule has 1 aromatic heterocycles. The third-order valence-corrected chi connectivity index (χ3v) is 4.41. The third kappa shape index (κ3) is 9.13. The average molecular weight is 462 g/mol. The van der Waals surface area contributed by atoms with Crippen molar-refractivity contribution < 1.29 is 9.21 Å². The molecule has 1 heterocycles. The van der Waals surface area contributed by atoms with Gasteiger partial charge in [0.2, 0.25) is 5.91 Å². The largest absolute Gasteiger partial charge is 0.469 e. The number of halogens is 1. The molecule has 3 N–H and O–H groups in total. The number of carbonyl (C=O) groups is 1. The lowest BCUT2D eigenvalue weighted by Gasteiger charge is -2.20. The van der Waals surface area contributed by atoms with Crippen LogP contribution in [0.5, 0.6) is 0 Å². The highest BCUT2D eigenvalue weighted by Gasteiger charge is 2.16. The van der Waals surface area contributed by atoms with E-state index < -0.39 is 0 Å². The van der Waals surface area contributed by atoms with Gasteiger partial charge in [0.25, 0.3) is 0 Å². The van der Waals surface area contributed by atoms with E-state index in [1.54, 1.807) is 13.3 Å². The quantitative estimate of drug-likeness (QED) is 0.240. The first-order valence-corrected chi connectivity index (χ1v) is 9.01. The van der Waals surface area contributed by atoms with Crippen LogP contribution in [0.15, 0.2) is 27.8 Å². The van der Waals surface area contributed by atoms with Gasteiger partial charge in [-0.05, 0) is 30.9 Å². The van der Waals surface area contributed by atoms with E-state index in [1.807, 2.05) is 12.1 Å². The highest BCUT2D eigenvalue weighted by molar-refractivity contribution is 14.0. The maximum absolute atomic E-state index is 11.9. The molecule has 6 nitrogen and oxygen atoms in total. The fraction of sp³-hybridized carbons (Fsp3) is 0.667. The van der Waals surface area contributed by atoms with Gasteiger partial charge in [0.1, 0.15) is 5.76 Å². The lowest BCUT2D eigenvalue weighted by molar-refractivity contribution is -0.122. The van der Waals surface area contributed by atoms with Gasteiger partial charge in [0.15, 0.2) is 5.96 Å². The zero-order chi connectivity index (χ0) is 17.0. The van der Waals surface area contributed by atoms with E-state index in [0.29, 0.717) is 25.4 Å². The topological polar surface area (TPSA) is 78.7 Å². The van der Waals surface area contributed by atoms with E-state index >= 15 is 0 Å². The second kappa shape index (κ2) is 13.0. The van der Waals surface area contributed by atoms with Crippen LogP contribution in [0.2, 0.25) is 0 Å². The normalized spacial score (nSPS) is 15.3. The highest BCUT2D eigenvalue weighted by atomic mass is 127. The molecular formula is C18H31IN4O2. The lowest BCUT2D eigenvalue weighted by atomic mass is 9.87. The van der Waals surface area contributed by atoms with Crippen LogP contribution in [0.25, 0.3) is 0 Å². The monoisotopic (exact) mass is 462 g/mol. The lowest BCUT2D eigenvalue weighted by Crippen LogP contribution is -2.42. The number of guanidine groups is 1. The first kappa shape index (κ1) is 21.8. The minimum absolute atomic E-state index is 0. The van der Waals surface area contributed by atoms with Gasteiger partial charge < -0.3 is 20.4 Å². The summed E-state index contributed by atoms with van der Waals surface area (Å²) in [6.45, 7) is 2.03. The van der Waals surface area contributed by atoms with Crippen LogP contribution in [-0.2, 0) is 11.2 Å². The van der Waals surface area contributed by atoms with E-state index in [2.05, 4.69) is 20.9 Å². The summed E-state index contributed by atoms with van der Waals surface area (Å²) in [5.41, 5.74) is 0. The van der Waals surface area contributed by atoms with Gasteiger partial charge in [-0.25, -0.2) is 0 Å². The Morgan fingerprint density at radius 1 is 1.16 bits per heavy atom. The summed E-state index contributed by atoms with van der Waals surface area (Å²) in [4.78, 5) is 16.1. The number of aliphatic imine (C=N–C) groups is 1. The molecule has 0 aromatic carbocycles. The number of furan rings is 1. The van der Waals surface area contributed by atoms with Crippen molar-refractivity contribution in [3.05, 3.63) is 24.2 Å². The van der Waals surface area contributed by atoms with Gasteiger partial charge in [0, 0.05) is 39.5 Å². The highest BCUT2D eigenvalue weighted by Crippen LogP contribution is 2.25. The van der Waals surface area contributed by atoms with Gasteiger partial charge in [-0.15, -0.1) is 24.0 Å². The van der Waals surface area contributed by atoms with E-state index in [1.165, 1.54) is 32.1 Å². The first-order valence-electron chi connectivity index (χ1n) is 9.01. The Morgan fingerprint density at radius 2 is 1.88 bits per heavy atom. The molecule has 0 unspecified atom stereocenters. The first-order chi connectivity index (χ1) is 11.8. The molecule has 0 spiro atoms. The molecule has 0 radical (unpaired) electrons. The van der Waals surface area contributed by atoms with Gasteiger partial charge in [-0.3, -0.25) is 9.79 Å². The fourth-order valence-corrected chi connectivity index (χ4v) is 3.09. The molecule has 1 aliphatic carbocycles. The van der Waals surface area contributed by atoms with Crippen LogP contribution in [0.3, 0.4) is 0 Å². The van der Waals surface area contributed by atoms with Crippen molar-refractivity contribution in [2.75, 3.05) is 26.7 Å². The van der Waals surface area contributed by atoms with Crippen molar-refractivity contribution in [3.63, 3.8) is 0 Å². The maximum Gasteiger partial charge on any atom is 0.220 e. The number of carbonyl (C=O) groups excluding carboxylic acids is 1. The molecule has 0 aliphatic heterocycles. The van der Waals surface area contributed by atoms with Crippen molar-refractivity contribution in [2.45, 2.75) is 44.9 Å². The Bertz CT molecular complexity index is 499. The smallest absolute Gasteiger partial charge is 0.220 e. The number of amides is 1. The molecule has 0 saturated heterocycles. The second-order valence-corrected chi connectivity index (χ2v) is 6.31. The Balaban J connectivity index is 0.00000312. The zero-order valence-electron chi connectivity index (χ0n) is 15.1. The summed E-state index contributed by atoms with van der Waals surface area (Å²) in [5.74, 6) is 2.45. The molecular weight excluding hydrogens is 431 g/mol. The van der Waals surface area contributed by atoms with Crippen molar-refractivity contribution in [1.82, 2.24) is 16.0 Å². The second-order valence-electron chi connectivity index (χ2n) is 6.31. The van der Waals surface area contributed by atoms with Crippen molar-refractivity contribution in [2.24, 2.45) is 10.9 Å². The van der Waals surface area contributed by atoms with Crippen LogP contribution < -0.4 is 16.0 Å². The molecule has 1 aliphatic rings. The minimum Gasteiger partial charge on any atom is -0.469 e. The van der Waals surface area contributed by atoms with Crippen LogP contribution in [0.4, 0.5) is 0 Å². The Hall–Kier alpha value is -1.25. The summed E-state index contributed by atoms with van der Waals surface area (Å²) in [6, 6.07) is 3.85. The molecule has 25 heavy (non-hydrogen) atoms. The third-order valence-electron chi connectivity index (χ3n) is 4.41. The number of rotatable bonds is 8. The van der Waals surface area contributed by atoms with Gasteiger partial charge in [-0.1, -0.05) is 19.3 Å². The zero-order valence-corrected chi connectivity index (χ0v) is 17.4. The van der Waals surface area contributed by atoms with E-state index in [0.717, 1.165) is 24.7 Å². The summed E-state index contributed by atoms with van der Waals surface area (Å²) in [7, 11) is 1.74. The van der Waals surface area contributed by atoms with Gasteiger partial charge in [0.05, 0.1) is 6.26 Å². The predicted molar refractivity (Wildman–Crippen MR) is 111 cm³/mol. The van der Waals surface area contributed by atoms with Crippen LogP contribution in [0.1, 0.15) is 44.3 Å². The Morgan fingerprint density at radius 3 is 2.56 bits per heavy atom. The number of nitrogens with zero attached hydrogens (tertiary/aromatic N) is 1. The Labute approximate surface area is 167 Å². The Kier molecular flexibility index (Phi) is 11.3. The van der Waals surface area contributed by atoms with E-state index in [-0.39, 0.29) is 29.9 Å². The summed E-state index contributed by atoms with van der Waals surface area (Å²) >= 11 is 0. The van der Waals surface area contributed by atoms with E-state index in [9.17, 15) is 4.79 Å².